The third-order valence-electron chi connectivity index (χ3n) is 3.19. The maximum Gasteiger partial charge on any atom is 0.253 e. The molecule has 0 saturated carbocycles. The lowest BCUT2D eigenvalue weighted by Crippen LogP contribution is -2.35. The molecule has 0 aliphatic carbocycles. The van der Waals surface area contributed by atoms with Gasteiger partial charge in [-0.15, -0.1) is 0 Å². The van der Waals surface area contributed by atoms with Gasteiger partial charge in [0.15, 0.2) is 0 Å². The first kappa shape index (κ1) is 15.6. The largest absolute Gasteiger partial charge is 0.339 e. The zero-order valence-electron chi connectivity index (χ0n) is 10.6. The number of carbonyl (C=O) groups excluding carboxylic acids is 1. The van der Waals surface area contributed by atoms with Crippen LogP contribution in [0.3, 0.4) is 0 Å². The molecule has 20 heavy (non-hydrogen) atoms. The van der Waals surface area contributed by atoms with Gasteiger partial charge >= 0.3 is 0 Å². The molecule has 0 bridgehead atoms. The third-order valence-corrected chi connectivity index (χ3v) is 5.04. The zero-order valence-corrected chi connectivity index (χ0v) is 12.9. The minimum Gasteiger partial charge on any atom is -0.339 e. The molecule has 8 heteroatoms. The minimum absolute atomic E-state index is 0.00134. The van der Waals surface area contributed by atoms with Crippen molar-refractivity contribution in [2.45, 2.75) is 24.2 Å². The summed E-state index contributed by atoms with van der Waals surface area (Å²) in [6.07, 6.45) is 2.97. The van der Waals surface area contributed by atoms with Gasteiger partial charge in [0.2, 0.25) is 10.0 Å². The van der Waals surface area contributed by atoms with E-state index < -0.39 is 10.0 Å². The molecule has 1 aliphatic heterocycles. The molecule has 2 N–H and O–H groups in total. The van der Waals surface area contributed by atoms with Crippen LogP contribution in [0.25, 0.3) is 0 Å². The number of sulfonamides is 1. The first-order valence-electron chi connectivity index (χ1n) is 6.12. The Hall–Kier alpha value is -0.820. The Bertz CT molecular complexity index is 640. The van der Waals surface area contributed by atoms with E-state index in [9.17, 15) is 13.2 Å². The van der Waals surface area contributed by atoms with Crippen LogP contribution in [0.2, 0.25) is 10.0 Å². The fourth-order valence-corrected chi connectivity index (χ4v) is 3.53. The molecule has 1 fully saturated rings. The van der Waals surface area contributed by atoms with Crippen molar-refractivity contribution in [2.24, 2.45) is 5.14 Å². The number of primary sulfonamides is 1. The van der Waals surface area contributed by atoms with Crippen LogP contribution in [0.5, 0.6) is 0 Å². The normalized spacial score (nSPS) is 16.2. The molecule has 1 aromatic rings. The zero-order chi connectivity index (χ0) is 14.9. The molecule has 0 spiro atoms. The average molecular weight is 337 g/mol. The summed E-state index contributed by atoms with van der Waals surface area (Å²) in [5.41, 5.74) is 0.185. The first-order valence-corrected chi connectivity index (χ1v) is 8.42. The number of amides is 1. The molecule has 0 radical (unpaired) electrons. The van der Waals surface area contributed by atoms with Gasteiger partial charge in [-0.3, -0.25) is 4.79 Å². The molecule has 2 rings (SSSR count). The highest BCUT2D eigenvalue weighted by atomic mass is 35.5. The number of hydrogen-bond acceptors (Lipinski definition) is 3. The van der Waals surface area contributed by atoms with Crippen molar-refractivity contribution in [1.82, 2.24) is 4.90 Å². The molecule has 1 amide bonds. The molecule has 1 heterocycles. The standard InChI is InChI=1S/C12H14Cl2N2O3S/c13-9-6-8(7-10(11(9)14)20(15,18)19)12(17)16-4-2-1-3-5-16/h6-7H,1-5H2,(H2,15,18,19). The Morgan fingerprint density at radius 3 is 2.30 bits per heavy atom. The van der Waals surface area contributed by atoms with Crippen molar-refractivity contribution >= 4 is 39.1 Å². The van der Waals surface area contributed by atoms with Gasteiger partial charge < -0.3 is 4.90 Å². The van der Waals surface area contributed by atoms with Crippen LogP contribution in [0.4, 0.5) is 0 Å². The highest BCUT2D eigenvalue weighted by Gasteiger charge is 2.23. The smallest absolute Gasteiger partial charge is 0.253 e. The molecule has 1 aliphatic rings. The van der Waals surface area contributed by atoms with Gasteiger partial charge in [0.05, 0.1) is 10.0 Å². The van der Waals surface area contributed by atoms with Gasteiger partial charge in [0.1, 0.15) is 4.90 Å². The Morgan fingerprint density at radius 1 is 1.15 bits per heavy atom. The third kappa shape index (κ3) is 3.25. The SMILES string of the molecule is NS(=O)(=O)c1cc(C(=O)N2CCCCC2)cc(Cl)c1Cl. The van der Waals surface area contributed by atoms with Crippen LogP contribution < -0.4 is 5.14 Å². The number of piperidine rings is 1. The predicted octanol–water partition coefficient (Wildman–Crippen LogP) is 2.27. The topological polar surface area (TPSA) is 80.5 Å². The summed E-state index contributed by atoms with van der Waals surface area (Å²) < 4.78 is 22.9. The quantitative estimate of drug-likeness (QED) is 0.899. The lowest BCUT2D eigenvalue weighted by atomic mass is 10.1. The first-order chi connectivity index (χ1) is 9.30. The van der Waals surface area contributed by atoms with E-state index in [2.05, 4.69) is 0 Å². The van der Waals surface area contributed by atoms with E-state index in [0.717, 1.165) is 19.3 Å². The number of halogens is 2. The number of benzene rings is 1. The minimum atomic E-state index is -4.03. The number of likely N-dealkylation sites (tertiary alicyclic amines) is 1. The molecule has 110 valence electrons. The van der Waals surface area contributed by atoms with Crippen molar-refractivity contribution in [1.29, 1.82) is 0 Å². The molecule has 0 unspecified atom stereocenters. The summed E-state index contributed by atoms with van der Waals surface area (Å²) in [5, 5.41) is 4.91. The van der Waals surface area contributed by atoms with E-state index in [1.807, 2.05) is 0 Å². The molecule has 0 atom stereocenters. The van der Waals surface area contributed by atoms with E-state index in [1.54, 1.807) is 4.90 Å². The van der Waals surface area contributed by atoms with E-state index in [1.165, 1.54) is 12.1 Å². The summed E-state index contributed by atoms with van der Waals surface area (Å²) in [5.74, 6) is -0.256. The van der Waals surface area contributed by atoms with Crippen LogP contribution in [0.1, 0.15) is 29.6 Å². The Balaban J connectivity index is 2.42. The summed E-state index contributed by atoms with van der Waals surface area (Å²) >= 11 is 11.7. The second-order valence-corrected chi connectivity index (χ2v) is 6.98. The van der Waals surface area contributed by atoms with Gasteiger partial charge in [-0.05, 0) is 31.4 Å². The maximum absolute atomic E-state index is 12.3. The molecular formula is C12H14Cl2N2O3S. The second-order valence-electron chi connectivity index (χ2n) is 4.67. The summed E-state index contributed by atoms with van der Waals surface area (Å²) in [7, 11) is -4.03. The average Bonchev–Trinajstić information content (AvgIpc) is 2.40. The van der Waals surface area contributed by atoms with Gasteiger partial charge in [-0.25, -0.2) is 13.6 Å². The van der Waals surface area contributed by atoms with Crippen molar-refractivity contribution in [3.63, 3.8) is 0 Å². The predicted molar refractivity (Wildman–Crippen MR) is 77.6 cm³/mol. The van der Waals surface area contributed by atoms with Crippen LogP contribution in [0.15, 0.2) is 17.0 Å². The fraction of sp³-hybridized carbons (Fsp3) is 0.417. The lowest BCUT2D eigenvalue weighted by molar-refractivity contribution is 0.0724. The molecule has 0 aromatic heterocycles. The monoisotopic (exact) mass is 336 g/mol. The molecular weight excluding hydrogens is 323 g/mol. The summed E-state index contributed by atoms with van der Waals surface area (Å²) in [6, 6.07) is 2.55. The van der Waals surface area contributed by atoms with Crippen LogP contribution in [-0.2, 0) is 10.0 Å². The second kappa shape index (κ2) is 5.89. The summed E-state index contributed by atoms with van der Waals surface area (Å²) in [6.45, 7) is 1.31. The Kier molecular flexibility index (Phi) is 4.59. The van der Waals surface area contributed by atoms with Gasteiger partial charge in [-0.2, -0.15) is 0 Å². The van der Waals surface area contributed by atoms with Crippen LogP contribution in [0, 0.1) is 0 Å². The van der Waals surface area contributed by atoms with E-state index >= 15 is 0 Å². The van der Waals surface area contributed by atoms with Gasteiger partial charge in [0.25, 0.3) is 5.91 Å². The van der Waals surface area contributed by atoms with Gasteiger partial charge in [0, 0.05) is 18.7 Å². The highest BCUT2D eigenvalue weighted by Crippen LogP contribution is 2.31. The van der Waals surface area contributed by atoms with E-state index in [4.69, 9.17) is 28.3 Å². The number of hydrogen-bond donors (Lipinski definition) is 1. The van der Waals surface area contributed by atoms with Crippen LogP contribution in [-0.4, -0.2) is 32.3 Å². The number of rotatable bonds is 2. The van der Waals surface area contributed by atoms with Crippen molar-refractivity contribution in [2.75, 3.05) is 13.1 Å². The maximum atomic E-state index is 12.3. The summed E-state index contributed by atoms with van der Waals surface area (Å²) in [4.78, 5) is 13.7. The molecule has 1 aromatic carbocycles. The highest BCUT2D eigenvalue weighted by molar-refractivity contribution is 7.89. The lowest BCUT2D eigenvalue weighted by Gasteiger charge is -2.27. The number of carbonyl (C=O) groups is 1. The van der Waals surface area contributed by atoms with Crippen molar-refractivity contribution in [3.8, 4) is 0 Å². The van der Waals surface area contributed by atoms with Crippen LogP contribution >= 0.6 is 23.2 Å². The Labute approximate surface area is 127 Å². The molecule has 5 nitrogen and oxygen atoms in total. The number of nitrogens with two attached hydrogens (primary N) is 1. The number of nitrogens with zero attached hydrogens (tertiary/aromatic N) is 1. The molecule has 1 saturated heterocycles. The van der Waals surface area contributed by atoms with E-state index in [-0.39, 0.29) is 26.4 Å². The fourth-order valence-electron chi connectivity index (χ4n) is 2.17. The van der Waals surface area contributed by atoms with Crippen molar-refractivity contribution in [3.05, 3.63) is 27.7 Å². The van der Waals surface area contributed by atoms with Crippen molar-refractivity contribution < 1.29 is 13.2 Å². The van der Waals surface area contributed by atoms with Gasteiger partial charge in [-0.1, -0.05) is 23.2 Å². The Morgan fingerprint density at radius 2 is 1.75 bits per heavy atom. The van der Waals surface area contributed by atoms with E-state index in [0.29, 0.717) is 13.1 Å².